The van der Waals surface area contributed by atoms with E-state index >= 15 is 0 Å². The van der Waals surface area contributed by atoms with E-state index in [0.29, 0.717) is 12.1 Å². The van der Waals surface area contributed by atoms with Crippen LogP contribution in [0.5, 0.6) is 0 Å². The molecule has 0 fully saturated rings. The van der Waals surface area contributed by atoms with E-state index in [9.17, 15) is 13.2 Å². The van der Waals surface area contributed by atoms with Gasteiger partial charge in [0.2, 0.25) is 6.41 Å². The van der Waals surface area contributed by atoms with Crippen LogP contribution in [0.25, 0.3) is 0 Å². The van der Waals surface area contributed by atoms with Gasteiger partial charge in [-0.1, -0.05) is 0 Å². The van der Waals surface area contributed by atoms with Crippen LogP contribution in [-0.2, 0) is 14.6 Å². The third-order valence-electron chi connectivity index (χ3n) is 1.42. The van der Waals surface area contributed by atoms with Crippen LogP contribution in [0.1, 0.15) is 0 Å². The molecule has 0 aromatic rings. The smallest absolute Gasteiger partial charge is 0.213 e. The van der Waals surface area contributed by atoms with Crippen molar-refractivity contribution >= 4 is 33.6 Å². The van der Waals surface area contributed by atoms with Crippen molar-refractivity contribution in [3.8, 4) is 0 Å². The maximum atomic E-state index is 11.0. The number of carbonyl (C=O) groups is 1. The first kappa shape index (κ1) is 10.1. The van der Waals surface area contributed by atoms with E-state index < -0.39 is 9.84 Å². The Morgan fingerprint density at radius 3 is 2.77 bits per heavy atom. The summed E-state index contributed by atoms with van der Waals surface area (Å²) < 4.78 is 21.9. The molecule has 0 aromatic heterocycles. The average molecular weight is 220 g/mol. The minimum atomic E-state index is -2.99. The molecule has 1 aliphatic heterocycles. The van der Waals surface area contributed by atoms with Crippen molar-refractivity contribution in [2.24, 2.45) is 0 Å². The van der Waals surface area contributed by atoms with Crippen LogP contribution in [0.3, 0.4) is 0 Å². The molecule has 1 aliphatic rings. The summed E-state index contributed by atoms with van der Waals surface area (Å²) in [6, 6.07) is 0. The Morgan fingerprint density at radius 2 is 2.31 bits per heavy atom. The standard InChI is InChI=1S/C6H8N2O3S2/c9-4-7-6(12)8-5-1-2-13(10,11)3-5/h1,4H,2-3H2,(H2,7,8,9,12). The van der Waals surface area contributed by atoms with E-state index in [0.717, 1.165) is 0 Å². The third kappa shape index (κ3) is 3.11. The van der Waals surface area contributed by atoms with Crippen molar-refractivity contribution in [3.05, 3.63) is 11.8 Å². The Morgan fingerprint density at radius 1 is 1.62 bits per heavy atom. The monoisotopic (exact) mass is 220 g/mol. The Bertz CT molecular complexity index is 358. The zero-order valence-corrected chi connectivity index (χ0v) is 8.24. The lowest BCUT2D eigenvalue weighted by Gasteiger charge is -2.05. The molecule has 0 atom stereocenters. The fourth-order valence-electron chi connectivity index (χ4n) is 0.905. The van der Waals surface area contributed by atoms with Crippen molar-refractivity contribution in [1.82, 2.24) is 10.6 Å². The topological polar surface area (TPSA) is 75.3 Å². The summed E-state index contributed by atoms with van der Waals surface area (Å²) in [6.07, 6.45) is 1.97. The normalized spacial score (nSPS) is 18.9. The zero-order chi connectivity index (χ0) is 9.90. The predicted octanol–water partition coefficient (Wildman–Crippen LogP) is -1.08. The summed E-state index contributed by atoms with van der Waals surface area (Å²) in [6.45, 7) is 0. The lowest BCUT2D eigenvalue weighted by molar-refractivity contribution is -0.108. The highest BCUT2D eigenvalue weighted by atomic mass is 32.2. The second kappa shape index (κ2) is 3.84. The molecule has 0 bridgehead atoms. The van der Waals surface area contributed by atoms with E-state index in [1.807, 2.05) is 0 Å². The average Bonchev–Trinajstić information content (AvgIpc) is 2.30. The minimum Gasteiger partial charge on any atom is -0.335 e. The fourth-order valence-corrected chi connectivity index (χ4v) is 2.32. The molecule has 72 valence electrons. The molecule has 0 aromatic carbocycles. The molecule has 13 heavy (non-hydrogen) atoms. The molecule has 0 radical (unpaired) electrons. The number of rotatable bonds is 2. The van der Waals surface area contributed by atoms with Crippen LogP contribution in [0.2, 0.25) is 0 Å². The first-order valence-corrected chi connectivity index (χ1v) is 5.67. The number of sulfone groups is 1. The van der Waals surface area contributed by atoms with E-state index in [-0.39, 0.29) is 16.6 Å². The minimum absolute atomic E-state index is 0.0268. The molecular weight excluding hydrogens is 212 g/mol. The summed E-state index contributed by atoms with van der Waals surface area (Å²) in [5, 5.41) is 4.92. The predicted molar refractivity (Wildman–Crippen MR) is 51.7 cm³/mol. The first-order chi connectivity index (χ1) is 6.03. The molecule has 1 heterocycles. The molecule has 0 saturated heterocycles. The van der Waals surface area contributed by atoms with Crippen LogP contribution in [0.4, 0.5) is 0 Å². The van der Waals surface area contributed by atoms with Gasteiger partial charge in [-0.15, -0.1) is 0 Å². The van der Waals surface area contributed by atoms with E-state index in [1.165, 1.54) is 6.08 Å². The summed E-state index contributed by atoms with van der Waals surface area (Å²) in [5.41, 5.74) is 0.513. The van der Waals surface area contributed by atoms with Gasteiger partial charge in [-0.25, -0.2) is 8.42 Å². The Hall–Kier alpha value is -0.950. The van der Waals surface area contributed by atoms with Crippen LogP contribution >= 0.6 is 12.2 Å². The number of hydrogen-bond acceptors (Lipinski definition) is 4. The number of nitrogens with one attached hydrogen (secondary N) is 2. The van der Waals surface area contributed by atoms with Crippen molar-refractivity contribution in [2.75, 3.05) is 11.5 Å². The molecule has 5 nitrogen and oxygen atoms in total. The van der Waals surface area contributed by atoms with Crippen LogP contribution < -0.4 is 10.6 Å². The SMILES string of the molecule is O=CNC(=S)NC1=CCS(=O)(=O)C1. The molecular formula is C6H8N2O3S2. The summed E-state index contributed by atoms with van der Waals surface area (Å²) in [5.74, 6) is -0.0211. The van der Waals surface area contributed by atoms with Gasteiger partial charge in [0.05, 0.1) is 11.5 Å². The summed E-state index contributed by atoms with van der Waals surface area (Å²) in [4.78, 5) is 9.94. The molecule has 0 aliphatic carbocycles. The molecule has 1 amide bonds. The zero-order valence-electron chi connectivity index (χ0n) is 6.61. The largest absolute Gasteiger partial charge is 0.335 e. The second-order valence-corrected chi connectivity index (χ2v) is 5.02. The van der Waals surface area contributed by atoms with Crippen molar-refractivity contribution in [1.29, 1.82) is 0 Å². The summed E-state index contributed by atoms with van der Waals surface area (Å²) >= 11 is 4.68. The maximum Gasteiger partial charge on any atom is 0.213 e. The molecule has 1 rings (SSSR count). The third-order valence-corrected chi connectivity index (χ3v) is 3.07. The molecule has 0 saturated carbocycles. The molecule has 2 N–H and O–H groups in total. The number of thiocarbonyl (C=S) groups is 1. The van der Waals surface area contributed by atoms with Gasteiger partial charge in [-0.05, 0) is 18.3 Å². The quantitative estimate of drug-likeness (QED) is 0.457. The van der Waals surface area contributed by atoms with Crippen molar-refractivity contribution in [2.45, 2.75) is 0 Å². The Balaban J connectivity index is 2.49. The van der Waals surface area contributed by atoms with Gasteiger partial charge in [-0.2, -0.15) is 0 Å². The number of carbonyl (C=O) groups excluding carboxylic acids is 1. The Kier molecular flexibility index (Phi) is 2.99. The van der Waals surface area contributed by atoms with Crippen LogP contribution in [-0.4, -0.2) is 31.4 Å². The molecule has 0 spiro atoms. The fraction of sp³-hybridized carbons (Fsp3) is 0.333. The highest BCUT2D eigenvalue weighted by Crippen LogP contribution is 2.07. The van der Waals surface area contributed by atoms with Gasteiger partial charge in [0, 0.05) is 5.70 Å². The summed E-state index contributed by atoms with van der Waals surface area (Å²) in [7, 11) is -2.99. The molecule has 7 heteroatoms. The highest BCUT2D eigenvalue weighted by Gasteiger charge is 2.19. The Labute approximate surface area is 81.1 Å². The van der Waals surface area contributed by atoms with Crippen molar-refractivity contribution in [3.63, 3.8) is 0 Å². The van der Waals surface area contributed by atoms with E-state index in [1.54, 1.807) is 0 Å². The highest BCUT2D eigenvalue weighted by molar-refractivity contribution is 7.92. The van der Waals surface area contributed by atoms with Crippen LogP contribution in [0, 0.1) is 0 Å². The van der Waals surface area contributed by atoms with Gasteiger partial charge in [0.15, 0.2) is 14.9 Å². The maximum absolute atomic E-state index is 11.0. The number of hydrogen-bond donors (Lipinski definition) is 2. The second-order valence-electron chi connectivity index (χ2n) is 2.50. The van der Waals surface area contributed by atoms with Crippen LogP contribution in [0.15, 0.2) is 11.8 Å². The van der Waals surface area contributed by atoms with E-state index in [2.05, 4.69) is 22.9 Å². The first-order valence-electron chi connectivity index (χ1n) is 3.44. The van der Waals surface area contributed by atoms with Gasteiger partial charge in [0.1, 0.15) is 0 Å². The van der Waals surface area contributed by atoms with Gasteiger partial charge in [-0.3, -0.25) is 4.79 Å². The van der Waals surface area contributed by atoms with Crippen molar-refractivity contribution < 1.29 is 13.2 Å². The van der Waals surface area contributed by atoms with Gasteiger partial charge >= 0.3 is 0 Å². The number of amides is 1. The lowest BCUT2D eigenvalue weighted by Crippen LogP contribution is -2.34. The van der Waals surface area contributed by atoms with E-state index in [4.69, 9.17) is 0 Å². The van der Waals surface area contributed by atoms with Gasteiger partial charge in [0.25, 0.3) is 0 Å². The van der Waals surface area contributed by atoms with Gasteiger partial charge < -0.3 is 10.6 Å². The lowest BCUT2D eigenvalue weighted by atomic mass is 10.5. The molecule has 0 unspecified atom stereocenters.